The molecule has 0 saturated carbocycles. The van der Waals surface area contributed by atoms with Crippen molar-refractivity contribution in [1.29, 1.82) is 0 Å². The second-order valence-electron chi connectivity index (χ2n) is 9.53. The van der Waals surface area contributed by atoms with Crippen LogP contribution >= 0.6 is 0 Å². The van der Waals surface area contributed by atoms with Crippen molar-refractivity contribution in [2.45, 2.75) is 26.3 Å². The number of nitrogens with zero attached hydrogens (tertiary/aromatic N) is 4. The third-order valence-corrected chi connectivity index (χ3v) is 7.12. The second kappa shape index (κ2) is 8.34. The van der Waals surface area contributed by atoms with Crippen molar-refractivity contribution in [1.82, 2.24) is 19.6 Å². The maximum atomic E-state index is 14.5. The third-order valence-electron chi connectivity index (χ3n) is 7.12. The number of benzene rings is 2. The Balaban J connectivity index is 1.49. The van der Waals surface area contributed by atoms with Crippen LogP contribution in [0.2, 0.25) is 0 Å². The number of hydrogen-bond donors (Lipinski definition) is 0. The molecule has 2 saturated heterocycles. The fourth-order valence-corrected chi connectivity index (χ4v) is 5.42. The zero-order chi connectivity index (χ0) is 22.3. The van der Waals surface area contributed by atoms with Gasteiger partial charge in [-0.1, -0.05) is 18.2 Å². The predicted molar refractivity (Wildman–Crippen MR) is 125 cm³/mol. The molecular formula is C26H31FN4O. The van der Waals surface area contributed by atoms with E-state index in [1.807, 2.05) is 22.9 Å². The third kappa shape index (κ3) is 3.93. The Kier molecular flexibility index (Phi) is 5.51. The van der Waals surface area contributed by atoms with Crippen molar-refractivity contribution in [2.24, 2.45) is 5.41 Å². The number of aromatic nitrogens is 2. The summed E-state index contributed by atoms with van der Waals surface area (Å²) in [6, 6.07) is 13.3. The van der Waals surface area contributed by atoms with Crippen LogP contribution in [0.3, 0.4) is 0 Å². The maximum Gasteiger partial charge on any atom is 0.165 e. The summed E-state index contributed by atoms with van der Waals surface area (Å²) in [5.74, 6) is -0.115. The van der Waals surface area contributed by atoms with Crippen molar-refractivity contribution in [3.63, 3.8) is 0 Å². The Bertz CT molecular complexity index is 1130. The van der Waals surface area contributed by atoms with Crippen molar-refractivity contribution >= 4 is 0 Å². The smallest absolute Gasteiger partial charge is 0.165 e. The molecule has 32 heavy (non-hydrogen) atoms. The largest absolute Gasteiger partial charge is 0.494 e. The molecule has 5 nitrogen and oxygen atoms in total. The van der Waals surface area contributed by atoms with E-state index in [2.05, 4.69) is 42.1 Å². The molecule has 1 spiro atoms. The molecule has 1 aromatic heterocycles. The van der Waals surface area contributed by atoms with Gasteiger partial charge in [-0.2, -0.15) is 5.10 Å². The first-order chi connectivity index (χ1) is 15.5. The highest BCUT2D eigenvalue weighted by molar-refractivity contribution is 5.64. The van der Waals surface area contributed by atoms with E-state index >= 15 is 0 Å². The van der Waals surface area contributed by atoms with Gasteiger partial charge in [-0.3, -0.25) is 4.90 Å². The molecule has 2 aliphatic rings. The summed E-state index contributed by atoms with van der Waals surface area (Å²) in [5, 5.41) is 4.93. The lowest BCUT2D eigenvalue weighted by Crippen LogP contribution is -2.29. The fourth-order valence-electron chi connectivity index (χ4n) is 5.42. The lowest BCUT2D eigenvalue weighted by Gasteiger charge is -2.23. The number of ether oxygens (including phenoxy) is 1. The van der Waals surface area contributed by atoms with Crippen LogP contribution in [0.1, 0.15) is 24.0 Å². The summed E-state index contributed by atoms with van der Waals surface area (Å²) in [7, 11) is 3.71. The molecule has 6 heteroatoms. The van der Waals surface area contributed by atoms with E-state index in [9.17, 15) is 4.39 Å². The minimum atomic E-state index is -0.365. The van der Waals surface area contributed by atoms with Gasteiger partial charge in [-0.15, -0.1) is 0 Å². The molecule has 0 bridgehead atoms. The molecular weight excluding hydrogens is 403 g/mol. The second-order valence-corrected chi connectivity index (χ2v) is 9.53. The average molecular weight is 435 g/mol. The minimum Gasteiger partial charge on any atom is -0.494 e. The number of methoxy groups -OCH3 is 1. The van der Waals surface area contributed by atoms with Crippen molar-refractivity contribution in [2.75, 3.05) is 40.3 Å². The highest BCUT2D eigenvalue weighted by Gasteiger charge is 2.42. The van der Waals surface area contributed by atoms with E-state index in [1.165, 1.54) is 39.1 Å². The van der Waals surface area contributed by atoms with Gasteiger partial charge in [0.15, 0.2) is 11.6 Å². The zero-order valence-corrected chi connectivity index (χ0v) is 19.1. The monoisotopic (exact) mass is 434 g/mol. The van der Waals surface area contributed by atoms with Crippen LogP contribution in [0.4, 0.5) is 4.39 Å². The molecule has 5 rings (SSSR count). The van der Waals surface area contributed by atoms with Gasteiger partial charge in [-0.25, -0.2) is 9.07 Å². The summed E-state index contributed by atoms with van der Waals surface area (Å²) >= 11 is 0. The summed E-state index contributed by atoms with van der Waals surface area (Å²) in [4.78, 5) is 4.99. The standard InChI is InChI=1S/C26H31FN4O/c1-19-6-4-5-7-23(19)31-16-21(15-30-13-11-26(18-30)10-12-29(2)17-26)25(28-31)20-8-9-24(32-3)22(27)14-20/h4-9,14,16H,10-13,15,17-18H2,1-3H3. The van der Waals surface area contributed by atoms with Crippen LogP contribution in [0.25, 0.3) is 16.9 Å². The van der Waals surface area contributed by atoms with Gasteiger partial charge in [0.2, 0.25) is 0 Å². The first-order valence-electron chi connectivity index (χ1n) is 11.4. The molecule has 2 fully saturated rings. The fraction of sp³-hybridized carbons (Fsp3) is 0.423. The molecule has 2 aromatic carbocycles. The van der Waals surface area contributed by atoms with Crippen LogP contribution in [0.5, 0.6) is 5.75 Å². The van der Waals surface area contributed by atoms with E-state index in [0.717, 1.165) is 47.7 Å². The Hall–Kier alpha value is -2.70. The minimum absolute atomic E-state index is 0.250. The number of rotatable bonds is 5. The number of hydrogen-bond acceptors (Lipinski definition) is 4. The van der Waals surface area contributed by atoms with Crippen LogP contribution in [-0.4, -0.2) is 59.9 Å². The van der Waals surface area contributed by atoms with Gasteiger partial charge in [0.1, 0.15) is 0 Å². The summed E-state index contributed by atoms with van der Waals surface area (Å²) in [6.45, 7) is 7.49. The molecule has 2 aliphatic heterocycles. The first kappa shape index (κ1) is 21.2. The zero-order valence-electron chi connectivity index (χ0n) is 19.1. The average Bonchev–Trinajstić information content (AvgIpc) is 3.48. The van der Waals surface area contributed by atoms with Crippen LogP contribution in [-0.2, 0) is 6.54 Å². The topological polar surface area (TPSA) is 33.5 Å². The molecule has 3 heterocycles. The summed E-state index contributed by atoms with van der Waals surface area (Å²) < 4.78 is 21.6. The SMILES string of the molecule is COc1ccc(-c2nn(-c3ccccc3C)cc2CN2CCC3(CCN(C)C3)C2)cc1F. The van der Waals surface area contributed by atoms with Crippen molar-refractivity contribution in [3.8, 4) is 22.7 Å². The Morgan fingerprint density at radius 1 is 1.09 bits per heavy atom. The highest BCUT2D eigenvalue weighted by Crippen LogP contribution is 2.40. The van der Waals surface area contributed by atoms with Gasteiger partial charge in [0, 0.05) is 37.0 Å². The van der Waals surface area contributed by atoms with Gasteiger partial charge in [0.25, 0.3) is 0 Å². The number of likely N-dealkylation sites (tertiary alicyclic amines) is 2. The lowest BCUT2D eigenvalue weighted by molar-refractivity contribution is 0.251. The summed E-state index contributed by atoms with van der Waals surface area (Å²) in [5.41, 5.74) is 5.36. The Labute approximate surface area is 189 Å². The molecule has 1 unspecified atom stereocenters. The normalized spacial score (nSPS) is 21.6. The van der Waals surface area contributed by atoms with Gasteiger partial charge in [-0.05, 0) is 75.1 Å². The van der Waals surface area contributed by atoms with Gasteiger partial charge < -0.3 is 9.64 Å². The molecule has 0 N–H and O–H groups in total. The molecule has 0 amide bonds. The van der Waals surface area contributed by atoms with Crippen LogP contribution in [0, 0.1) is 18.2 Å². The number of aryl methyl sites for hydroxylation is 1. The van der Waals surface area contributed by atoms with Crippen LogP contribution in [0.15, 0.2) is 48.7 Å². The molecule has 168 valence electrons. The van der Waals surface area contributed by atoms with Crippen molar-refractivity contribution in [3.05, 3.63) is 65.6 Å². The first-order valence-corrected chi connectivity index (χ1v) is 11.4. The maximum absolute atomic E-state index is 14.5. The van der Waals surface area contributed by atoms with Gasteiger partial charge in [0.05, 0.1) is 18.5 Å². The van der Waals surface area contributed by atoms with E-state index < -0.39 is 0 Å². The predicted octanol–water partition coefficient (Wildman–Crippen LogP) is 4.52. The molecule has 1 atom stereocenters. The van der Waals surface area contributed by atoms with E-state index in [-0.39, 0.29) is 11.6 Å². The van der Waals surface area contributed by atoms with E-state index in [4.69, 9.17) is 9.84 Å². The van der Waals surface area contributed by atoms with E-state index in [0.29, 0.717) is 5.41 Å². The van der Waals surface area contributed by atoms with E-state index in [1.54, 1.807) is 6.07 Å². The van der Waals surface area contributed by atoms with Gasteiger partial charge >= 0.3 is 0 Å². The molecule has 3 aromatic rings. The summed E-state index contributed by atoms with van der Waals surface area (Å²) in [6.07, 6.45) is 4.64. The highest BCUT2D eigenvalue weighted by atomic mass is 19.1. The van der Waals surface area contributed by atoms with Crippen molar-refractivity contribution < 1.29 is 9.13 Å². The Morgan fingerprint density at radius 3 is 2.62 bits per heavy atom. The quantitative estimate of drug-likeness (QED) is 0.591. The Morgan fingerprint density at radius 2 is 1.91 bits per heavy atom. The number of para-hydroxylation sites is 1. The lowest BCUT2D eigenvalue weighted by atomic mass is 9.86. The molecule has 0 radical (unpaired) electrons. The number of halogens is 1. The molecule has 0 aliphatic carbocycles. The van der Waals surface area contributed by atoms with Crippen LogP contribution < -0.4 is 4.74 Å².